The van der Waals surface area contributed by atoms with Gasteiger partial charge in [-0.25, -0.2) is 9.78 Å². The van der Waals surface area contributed by atoms with E-state index < -0.39 is 24.5 Å². The summed E-state index contributed by atoms with van der Waals surface area (Å²) in [6.45, 7) is 3.29. The number of aryl methyl sites for hydroxylation is 5. The molecule has 3 aromatic rings. The van der Waals surface area contributed by atoms with Crippen LogP contribution in [0.5, 0.6) is 0 Å². The molecule has 1 aliphatic carbocycles. The number of thiophene rings is 1. The van der Waals surface area contributed by atoms with Gasteiger partial charge in [-0.15, -0.1) is 11.3 Å². The number of anilines is 1. The molecule has 34 heavy (non-hydrogen) atoms. The summed E-state index contributed by atoms with van der Waals surface area (Å²) in [4.78, 5) is 55.4. The van der Waals surface area contributed by atoms with Gasteiger partial charge in [-0.1, -0.05) is 17.7 Å². The lowest BCUT2D eigenvalue weighted by Gasteiger charge is -2.11. The standard InChI is InChI=1S/C24H26N4O5S/c1-14-7-8-17(15(2)11-14)26-24(32)27-19(29)12-33-20(30)9-10-28-13-25-22-21(23(28)31)16-5-3-4-6-18(16)34-22/h7-8,11,13H,3-6,9-10,12H2,1-2H3,(H2,26,27,29,32). The van der Waals surface area contributed by atoms with Crippen molar-refractivity contribution >= 4 is 45.1 Å². The van der Waals surface area contributed by atoms with Crippen LogP contribution in [0.4, 0.5) is 10.5 Å². The van der Waals surface area contributed by atoms with E-state index in [1.165, 1.54) is 15.8 Å². The molecule has 1 aliphatic rings. The van der Waals surface area contributed by atoms with E-state index in [9.17, 15) is 19.2 Å². The fourth-order valence-electron chi connectivity index (χ4n) is 4.04. The molecule has 0 atom stereocenters. The molecule has 10 heteroatoms. The number of carbonyl (C=O) groups is 3. The van der Waals surface area contributed by atoms with E-state index in [1.54, 1.807) is 17.4 Å². The second kappa shape index (κ2) is 10.2. The summed E-state index contributed by atoms with van der Waals surface area (Å²) >= 11 is 1.57. The minimum atomic E-state index is -0.749. The first-order valence-electron chi connectivity index (χ1n) is 11.1. The summed E-state index contributed by atoms with van der Waals surface area (Å²) in [7, 11) is 0. The minimum absolute atomic E-state index is 0.0958. The van der Waals surface area contributed by atoms with Gasteiger partial charge in [0.05, 0.1) is 18.1 Å². The summed E-state index contributed by atoms with van der Waals surface area (Å²) in [6.07, 6.45) is 5.40. The van der Waals surface area contributed by atoms with Crippen molar-refractivity contribution in [1.82, 2.24) is 14.9 Å². The van der Waals surface area contributed by atoms with Crippen LogP contribution in [-0.4, -0.2) is 34.1 Å². The van der Waals surface area contributed by atoms with Crippen molar-refractivity contribution in [3.8, 4) is 0 Å². The highest BCUT2D eigenvalue weighted by molar-refractivity contribution is 7.18. The second-order valence-electron chi connectivity index (χ2n) is 8.37. The molecule has 0 saturated heterocycles. The molecule has 2 N–H and O–H groups in total. The molecule has 2 aromatic heterocycles. The Morgan fingerprint density at radius 3 is 2.76 bits per heavy atom. The Bertz CT molecular complexity index is 1330. The molecule has 1 aromatic carbocycles. The average molecular weight is 483 g/mol. The van der Waals surface area contributed by atoms with E-state index in [0.29, 0.717) is 11.1 Å². The highest BCUT2D eigenvalue weighted by atomic mass is 32.1. The molecule has 178 valence electrons. The lowest BCUT2D eigenvalue weighted by molar-refractivity contribution is -0.148. The molecule has 0 radical (unpaired) electrons. The summed E-state index contributed by atoms with van der Waals surface area (Å²) in [5, 5.41) is 5.37. The maximum Gasteiger partial charge on any atom is 0.325 e. The van der Waals surface area contributed by atoms with Crippen LogP contribution in [0, 0.1) is 13.8 Å². The summed E-state index contributed by atoms with van der Waals surface area (Å²) in [5.41, 5.74) is 3.43. The summed E-state index contributed by atoms with van der Waals surface area (Å²) < 4.78 is 6.36. The van der Waals surface area contributed by atoms with Crippen molar-refractivity contribution in [3.63, 3.8) is 0 Å². The molecule has 0 bridgehead atoms. The second-order valence-corrected chi connectivity index (χ2v) is 9.45. The zero-order chi connectivity index (χ0) is 24.2. The van der Waals surface area contributed by atoms with Gasteiger partial charge in [0.2, 0.25) is 0 Å². The Kier molecular flexibility index (Phi) is 7.06. The molecule has 9 nitrogen and oxygen atoms in total. The number of fused-ring (bicyclic) bond motifs is 3. The van der Waals surface area contributed by atoms with E-state index in [0.717, 1.165) is 47.2 Å². The normalized spacial score (nSPS) is 12.8. The number of urea groups is 1. The van der Waals surface area contributed by atoms with E-state index >= 15 is 0 Å². The maximum absolute atomic E-state index is 12.9. The molecule has 3 amide bonds. The van der Waals surface area contributed by atoms with Crippen LogP contribution in [0.25, 0.3) is 10.2 Å². The number of amides is 3. The van der Waals surface area contributed by atoms with E-state index in [1.807, 2.05) is 26.0 Å². The molecule has 0 unspecified atom stereocenters. The van der Waals surface area contributed by atoms with Crippen LogP contribution in [0.2, 0.25) is 0 Å². The number of hydrogen-bond acceptors (Lipinski definition) is 7. The molecule has 0 saturated carbocycles. The van der Waals surface area contributed by atoms with Gasteiger partial charge < -0.3 is 10.1 Å². The van der Waals surface area contributed by atoms with Gasteiger partial charge in [0.1, 0.15) is 4.83 Å². The Hall–Kier alpha value is -3.53. The predicted octanol–water partition coefficient (Wildman–Crippen LogP) is 3.24. The zero-order valence-corrected chi connectivity index (χ0v) is 19.9. The number of nitrogens with zero attached hydrogens (tertiary/aromatic N) is 2. The van der Waals surface area contributed by atoms with Crippen molar-refractivity contribution < 1.29 is 19.1 Å². The van der Waals surface area contributed by atoms with Crippen molar-refractivity contribution in [3.05, 3.63) is 56.4 Å². The van der Waals surface area contributed by atoms with Crippen LogP contribution in [0.3, 0.4) is 0 Å². The van der Waals surface area contributed by atoms with Gasteiger partial charge in [-0.3, -0.25) is 24.3 Å². The first-order chi connectivity index (χ1) is 16.3. The highest BCUT2D eigenvalue weighted by Crippen LogP contribution is 2.33. The number of ether oxygens (including phenoxy) is 1. The first kappa shape index (κ1) is 23.6. The number of aromatic nitrogens is 2. The molecular formula is C24H26N4O5S. The topological polar surface area (TPSA) is 119 Å². The number of esters is 1. The SMILES string of the molecule is Cc1ccc(NC(=O)NC(=O)COC(=O)CCn2cnc3sc4c(c3c2=O)CCCC4)c(C)c1. The van der Waals surface area contributed by atoms with Crippen LogP contribution < -0.4 is 16.2 Å². The smallest absolute Gasteiger partial charge is 0.325 e. The van der Waals surface area contributed by atoms with Crippen molar-refractivity contribution in [2.75, 3.05) is 11.9 Å². The quantitative estimate of drug-likeness (QED) is 0.521. The van der Waals surface area contributed by atoms with E-state index in [-0.39, 0.29) is 18.5 Å². The minimum Gasteiger partial charge on any atom is -0.456 e. The van der Waals surface area contributed by atoms with Crippen LogP contribution in [0.1, 0.15) is 40.8 Å². The molecule has 0 fully saturated rings. The third-order valence-electron chi connectivity index (χ3n) is 5.75. The first-order valence-corrected chi connectivity index (χ1v) is 12.0. The third kappa shape index (κ3) is 5.33. The number of nitrogens with one attached hydrogen (secondary N) is 2. The summed E-state index contributed by atoms with van der Waals surface area (Å²) in [6, 6.07) is 4.79. The number of imide groups is 1. The fourth-order valence-corrected chi connectivity index (χ4v) is 5.26. The van der Waals surface area contributed by atoms with E-state index in [2.05, 4.69) is 15.6 Å². The number of rotatable bonds is 6. The fraction of sp³-hybridized carbons (Fsp3) is 0.375. The summed E-state index contributed by atoms with van der Waals surface area (Å²) in [5.74, 6) is -1.40. The van der Waals surface area contributed by atoms with Crippen LogP contribution in [0.15, 0.2) is 29.3 Å². The third-order valence-corrected chi connectivity index (χ3v) is 6.95. The molecule has 2 heterocycles. The Morgan fingerprint density at radius 2 is 1.97 bits per heavy atom. The van der Waals surface area contributed by atoms with E-state index in [4.69, 9.17) is 4.74 Å². The molecule has 0 aliphatic heterocycles. The van der Waals surface area contributed by atoms with Crippen LogP contribution in [-0.2, 0) is 33.7 Å². The number of benzene rings is 1. The predicted molar refractivity (Wildman–Crippen MR) is 129 cm³/mol. The van der Waals surface area contributed by atoms with Gasteiger partial charge in [0.15, 0.2) is 6.61 Å². The Labute approximate surface area is 200 Å². The molecular weight excluding hydrogens is 456 g/mol. The van der Waals surface area contributed by atoms with Gasteiger partial charge in [-0.05, 0) is 56.7 Å². The Morgan fingerprint density at radius 1 is 1.18 bits per heavy atom. The lowest BCUT2D eigenvalue weighted by atomic mass is 9.97. The number of hydrogen-bond donors (Lipinski definition) is 2. The van der Waals surface area contributed by atoms with Gasteiger partial charge >= 0.3 is 12.0 Å². The Balaban J connectivity index is 1.27. The highest BCUT2D eigenvalue weighted by Gasteiger charge is 2.20. The number of carbonyl (C=O) groups excluding carboxylic acids is 3. The molecule has 4 rings (SSSR count). The van der Waals surface area contributed by atoms with Crippen molar-refractivity contribution in [2.24, 2.45) is 0 Å². The monoisotopic (exact) mass is 482 g/mol. The van der Waals surface area contributed by atoms with Gasteiger partial charge in [0, 0.05) is 17.1 Å². The van der Waals surface area contributed by atoms with Gasteiger partial charge in [-0.2, -0.15) is 0 Å². The van der Waals surface area contributed by atoms with Crippen molar-refractivity contribution in [1.29, 1.82) is 0 Å². The average Bonchev–Trinajstić information content (AvgIpc) is 3.18. The molecule has 0 spiro atoms. The maximum atomic E-state index is 12.9. The lowest BCUT2D eigenvalue weighted by Crippen LogP contribution is -2.37. The van der Waals surface area contributed by atoms with Crippen LogP contribution >= 0.6 is 11.3 Å². The largest absolute Gasteiger partial charge is 0.456 e. The van der Waals surface area contributed by atoms with Crippen molar-refractivity contribution in [2.45, 2.75) is 52.5 Å². The van der Waals surface area contributed by atoms with Gasteiger partial charge in [0.25, 0.3) is 11.5 Å². The zero-order valence-electron chi connectivity index (χ0n) is 19.1.